The molecule has 0 spiro atoms. The number of aliphatic hydroxyl groups is 1. The quantitative estimate of drug-likeness (QED) is 0.857. The van der Waals surface area contributed by atoms with Crippen LogP contribution in [0.15, 0.2) is 21.2 Å². The number of halogens is 1. The number of hydrogen-bond donors (Lipinski definition) is 2. The molecule has 0 saturated carbocycles. The molecule has 4 heteroatoms. The van der Waals surface area contributed by atoms with Gasteiger partial charge >= 0.3 is 0 Å². The molecule has 3 nitrogen and oxygen atoms in total. The minimum atomic E-state index is -0.612. The van der Waals surface area contributed by atoms with Crippen molar-refractivity contribution in [1.82, 2.24) is 0 Å². The molecule has 1 heterocycles. The van der Waals surface area contributed by atoms with Crippen LogP contribution < -0.4 is 5.73 Å². The zero-order valence-corrected chi connectivity index (χ0v) is 9.12. The molecule has 1 aromatic heterocycles. The van der Waals surface area contributed by atoms with Crippen LogP contribution in [0, 0.1) is 5.92 Å². The number of nitrogens with two attached hydrogens (primary N) is 1. The van der Waals surface area contributed by atoms with Crippen molar-refractivity contribution in [2.45, 2.75) is 19.4 Å². The predicted octanol–water partition coefficient (Wildman–Crippen LogP) is 2.06. The van der Waals surface area contributed by atoms with Crippen LogP contribution in [0.3, 0.4) is 0 Å². The van der Waals surface area contributed by atoms with Crippen molar-refractivity contribution in [2.24, 2.45) is 11.7 Å². The lowest BCUT2D eigenvalue weighted by atomic mass is 9.98. The number of furan rings is 1. The summed E-state index contributed by atoms with van der Waals surface area (Å²) in [6.45, 7) is 2.46. The van der Waals surface area contributed by atoms with Gasteiger partial charge < -0.3 is 15.3 Å². The number of aliphatic hydroxyl groups excluding tert-OH is 1. The zero-order chi connectivity index (χ0) is 9.84. The Bertz CT molecular complexity index is 258. The van der Waals surface area contributed by atoms with E-state index in [9.17, 15) is 5.11 Å². The topological polar surface area (TPSA) is 59.4 Å². The molecule has 2 unspecified atom stereocenters. The first-order chi connectivity index (χ1) is 6.20. The van der Waals surface area contributed by atoms with Crippen molar-refractivity contribution >= 4 is 15.9 Å². The monoisotopic (exact) mass is 247 g/mol. The van der Waals surface area contributed by atoms with Gasteiger partial charge in [0.2, 0.25) is 0 Å². The van der Waals surface area contributed by atoms with E-state index in [1.807, 2.05) is 6.92 Å². The fourth-order valence-corrected chi connectivity index (χ4v) is 1.69. The highest BCUT2D eigenvalue weighted by molar-refractivity contribution is 9.10. The van der Waals surface area contributed by atoms with Gasteiger partial charge in [-0.25, -0.2) is 0 Å². The van der Waals surface area contributed by atoms with E-state index in [0.29, 0.717) is 12.3 Å². The molecule has 1 rings (SSSR count). The summed E-state index contributed by atoms with van der Waals surface area (Å²) in [6, 6.07) is 1.77. The lowest BCUT2D eigenvalue weighted by Gasteiger charge is -2.17. The minimum Gasteiger partial charge on any atom is -0.465 e. The van der Waals surface area contributed by atoms with Crippen LogP contribution in [0.5, 0.6) is 0 Å². The van der Waals surface area contributed by atoms with Crippen molar-refractivity contribution in [3.8, 4) is 0 Å². The zero-order valence-electron chi connectivity index (χ0n) is 7.53. The number of hydrogen-bond acceptors (Lipinski definition) is 3. The molecular formula is C9H14BrNO2. The first kappa shape index (κ1) is 10.8. The van der Waals surface area contributed by atoms with Crippen LogP contribution in [-0.4, -0.2) is 11.7 Å². The van der Waals surface area contributed by atoms with Gasteiger partial charge in [0.1, 0.15) is 11.9 Å². The Hall–Kier alpha value is -0.320. The number of rotatable bonds is 4. The molecule has 0 aliphatic carbocycles. The second-order valence-corrected chi connectivity index (χ2v) is 3.84. The van der Waals surface area contributed by atoms with Gasteiger partial charge in [0.05, 0.1) is 10.7 Å². The van der Waals surface area contributed by atoms with Gasteiger partial charge in [0.15, 0.2) is 0 Å². The Morgan fingerprint density at radius 2 is 2.38 bits per heavy atom. The Labute approximate surface area is 86.1 Å². The van der Waals surface area contributed by atoms with Crippen LogP contribution >= 0.6 is 15.9 Å². The Kier molecular flexibility index (Phi) is 3.96. The molecule has 0 amide bonds. The molecule has 0 fully saturated rings. The van der Waals surface area contributed by atoms with Crippen molar-refractivity contribution in [1.29, 1.82) is 0 Å². The molecule has 1 aromatic rings. The average molecular weight is 248 g/mol. The summed E-state index contributed by atoms with van der Waals surface area (Å²) < 4.78 is 5.96. The first-order valence-corrected chi connectivity index (χ1v) is 5.11. The van der Waals surface area contributed by atoms with E-state index >= 15 is 0 Å². The molecule has 2 atom stereocenters. The summed E-state index contributed by atoms with van der Waals surface area (Å²) in [5.41, 5.74) is 5.52. The van der Waals surface area contributed by atoms with Gasteiger partial charge in [0.25, 0.3) is 0 Å². The molecule has 3 N–H and O–H groups in total. The van der Waals surface area contributed by atoms with Gasteiger partial charge in [-0.2, -0.15) is 0 Å². The molecule has 0 radical (unpaired) electrons. The van der Waals surface area contributed by atoms with E-state index < -0.39 is 6.10 Å². The molecule has 0 aliphatic rings. The molecular weight excluding hydrogens is 234 g/mol. The maximum absolute atomic E-state index is 9.85. The van der Waals surface area contributed by atoms with Crippen molar-refractivity contribution in [2.75, 3.05) is 6.54 Å². The second kappa shape index (κ2) is 4.79. The summed E-state index contributed by atoms with van der Waals surface area (Å²) in [6.07, 6.45) is 1.77. The van der Waals surface area contributed by atoms with Crippen molar-refractivity contribution < 1.29 is 9.52 Å². The smallest absolute Gasteiger partial charge is 0.146 e. The van der Waals surface area contributed by atoms with Crippen LogP contribution in [0.4, 0.5) is 0 Å². The predicted molar refractivity (Wildman–Crippen MR) is 54.2 cm³/mol. The Balaban J connectivity index is 2.77. The average Bonchev–Trinajstić information content (AvgIpc) is 2.53. The van der Waals surface area contributed by atoms with E-state index in [4.69, 9.17) is 10.2 Å². The Morgan fingerprint density at radius 3 is 2.77 bits per heavy atom. The summed E-state index contributed by atoms with van der Waals surface area (Å²) in [5, 5.41) is 9.85. The van der Waals surface area contributed by atoms with Gasteiger partial charge in [-0.3, -0.25) is 0 Å². The molecule has 0 aliphatic heterocycles. The molecule has 0 aromatic carbocycles. The van der Waals surface area contributed by atoms with Crippen LogP contribution in [-0.2, 0) is 0 Å². The van der Waals surface area contributed by atoms with Crippen LogP contribution in [0.2, 0.25) is 0 Å². The first-order valence-electron chi connectivity index (χ1n) is 4.31. The highest BCUT2D eigenvalue weighted by atomic mass is 79.9. The fourth-order valence-electron chi connectivity index (χ4n) is 1.25. The van der Waals surface area contributed by atoms with Gasteiger partial charge in [-0.1, -0.05) is 6.92 Å². The maximum atomic E-state index is 9.85. The van der Waals surface area contributed by atoms with Gasteiger partial charge in [-0.15, -0.1) is 0 Å². The highest BCUT2D eigenvalue weighted by Gasteiger charge is 2.22. The van der Waals surface area contributed by atoms with Crippen LogP contribution in [0.25, 0.3) is 0 Å². The SMILES string of the molecule is CCC(CN)C(O)c1occc1Br. The lowest BCUT2D eigenvalue weighted by Crippen LogP contribution is -2.21. The van der Waals surface area contributed by atoms with E-state index in [2.05, 4.69) is 15.9 Å². The van der Waals surface area contributed by atoms with Crippen molar-refractivity contribution in [3.63, 3.8) is 0 Å². The third-order valence-electron chi connectivity index (χ3n) is 2.19. The molecule has 13 heavy (non-hydrogen) atoms. The van der Waals surface area contributed by atoms with E-state index in [0.717, 1.165) is 10.9 Å². The fraction of sp³-hybridized carbons (Fsp3) is 0.556. The highest BCUT2D eigenvalue weighted by Crippen LogP contribution is 2.30. The minimum absolute atomic E-state index is 0.0578. The van der Waals surface area contributed by atoms with Crippen LogP contribution in [0.1, 0.15) is 25.2 Å². The third-order valence-corrected chi connectivity index (χ3v) is 2.84. The Morgan fingerprint density at radius 1 is 1.69 bits per heavy atom. The molecule has 0 saturated heterocycles. The van der Waals surface area contributed by atoms with E-state index in [1.165, 1.54) is 0 Å². The van der Waals surface area contributed by atoms with E-state index in [1.54, 1.807) is 12.3 Å². The normalized spacial score (nSPS) is 15.7. The lowest BCUT2D eigenvalue weighted by molar-refractivity contribution is 0.0866. The maximum Gasteiger partial charge on any atom is 0.146 e. The summed E-state index contributed by atoms with van der Waals surface area (Å²) in [4.78, 5) is 0. The van der Waals surface area contributed by atoms with Crippen molar-refractivity contribution in [3.05, 3.63) is 22.6 Å². The second-order valence-electron chi connectivity index (χ2n) is 2.98. The van der Waals surface area contributed by atoms with Gasteiger partial charge in [0, 0.05) is 5.92 Å². The third kappa shape index (κ3) is 2.33. The molecule has 0 bridgehead atoms. The summed E-state index contributed by atoms with van der Waals surface area (Å²) >= 11 is 3.30. The van der Waals surface area contributed by atoms with E-state index in [-0.39, 0.29) is 5.92 Å². The summed E-state index contributed by atoms with van der Waals surface area (Å²) in [7, 11) is 0. The standard InChI is InChI=1S/C9H14BrNO2/c1-2-6(5-11)8(12)9-7(10)3-4-13-9/h3-4,6,8,12H,2,5,11H2,1H3. The largest absolute Gasteiger partial charge is 0.465 e. The molecule has 74 valence electrons. The summed E-state index contributed by atoms with van der Waals surface area (Å²) in [5.74, 6) is 0.625. The van der Waals surface area contributed by atoms with Gasteiger partial charge in [-0.05, 0) is 35.0 Å².